The van der Waals surface area contributed by atoms with Gasteiger partial charge in [-0.2, -0.15) is 0 Å². The second-order valence-corrected chi connectivity index (χ2v) is 9.26. The maximum absolute atomic E-state index is 13.6. The van der Waals surface area contributed by atoms with Crippen LogP contribution in [0.3, 0.4) is 0 Å². The van der Waals surface area contributed by atoms with E-state index in [4.69, 9.17) is 0 Å². The van der Waals surface area contributed by atoms with Gasteiger partial charge in [0, 0.05) is 34.0 Å². The molecule has 2 aromatic rings. The molecule has 0 amide bonds. The van der Waals surface area contributed by atoms with Crippen molar-refractivity contribution in [1.29, 1.82) is 0 Å². The van der Waals surface area contributed by atoms with E-state index in [1.165, 1.54) is 12.1 Å². The molecule has 1 aromatic carbocycles. The zero-order valence-corrected chi connectivity index (χ0v) is 16.0. The normalized spacial score (nSPS) is 14.5. The topological polar surface area (TPSA) is 48.0 Å². The first-order valence-corrected chi connectivity index (χ1v) is 9.34. The third-order valence-electron chi connectivity index (χ3n) is 3.38. The summed E-state index contributed by atoms with van der Waals surface area (Å²) in [6.45, 7) is 5.79. The summed E-state index contributed by atoms with van der Waals surface area (Å²) in [4.78, 5) is 4.32. The van der Waals surface area contributed by atoms with Gasteiger partial charge in [-0.3, -0.25) is 4.98 Å². The SMILES string of the molecule is CC(C)(C)[S+]([O-])NC[C@@H](c1cc(F)cc(F)c1)c1ncccc1Br. The number of hydrogen-bond acceptors (Lipinski definition) is 3. The first kappa shape index (κ1) is 19.3. The van der Waals surface area contributed by atoms with Crippen LogP contribution >= 0.6 is 15.9 Å². The van der Waals surface area contributed by atoms with Crippen molar-refractivity contribution < 1.29 is 13.3 Å². The molecule has 0 radical (unpaired) electrons. The molecule has 0 aliphatic heterocycles. The van der Waals surface area contributed by atoms with Crippen molar-refractivity contribution in [3.05, 3.63) is 63.9 Å². The molecule has 0 fully saturated rings. The van der Waals surface area contributed by atoms with Crippen molar-refractivity contribution in [3.63, 3.8) is 0 Å². The van der Waals surface area contributed by atoms with Crippen LogP contribution in [0.1, 0.15) is 37.9 Å². The molecule has 3 nitrogen and oxygen atoms in total. The molecular formula is C17H19BrF2N2OS. The average Bonchev–Trinajstić information content (AvgIpc) is 2.47. The molecule has 1 heterocycles. The van der Waals surface area contributed by atoms with Gasteiger partial charge in [0.15, 0.2) is 0 Å². The molecule has 0 aliphatic rings. The summed E-state index contributed by atoms with van der Waals surface area (Å²) in [6, 6.07) is 6.95. The van der Waals surface area contributed by atoms with Crippen molar-refractivity contribution >= 4 is 27.3 Å². The van der Waals surface area contributed by atoms with Gasteiger partial charge in [-0.05, 0) is 66.5 Å². The van der Waals surface area contributed by atoms with E-state index < -0.39 is 33.7 Å². The zero-order valence-electron chi connectivity index (χ0n) is 13.6. The van der Waals surface area contributed by atoms with Crippen LogP contribution < -0.4 is 4.72 Å². The van der Waals surface area contributed by atoms with Crippen LogP contribution in [0.2, 0.25) is 0 Å². The van der Waals surface area contributed by atoms with Crippen LogP contribution in [-0.2, 0) is 11.4 Å². The summed E-state index contributed by atoms with van der Waals surface area (Å²) >= 11 is 2.12. The summed E-state index contributed by atoms with van der Waals surface area (Å²) in [5.41, 5.74) is 1.06. The smallest absolute Gasteiger partial charge is 0.136 e. The Balaban J connectivity index is 2.37. The van der Waals surface area contributed by atoms with Gasteiger partial charge in [-0.15, -0.1) is 4.72 Å². The monoisotopic (exact) mass is 416 g/mol. The fourth-order valence-corrected chi connectivity index (χ4v) is 3.46. The standard InChI is InChI=1S/C17H19BrF2N2OS/c1-17(2,3)24(23)22-10-14(16-15(18)5-4-6-21-16)11-7-12(19)9-13(20)8-11/h4-9,14,22H,10H2,1-3H3/t14-,24?/m0/s1. The molecule has 7 heteroatoms. The summed E-state index contributed by atoms with van der Waals surface area (Å²) in [5, 5.41) is 0. The van der Waals surface area contributed by atoms with Gasteiger partial charge < -0.3 is 4.55 Å². The predicted octanol–water partition coefficient (Wildman–Crippen LogP) is 4.31. The quantitative estimate of drug-likeness (QED) is 0.738. The second-order valence-electron chi connectivity index (χ2n) is 6.36. The van der Waals surface area contributed by atoms with Crippen molar-refractivity contribution in [1.82, 2.24) is 9.71 Å². The highest BCUT2D eigenvalue weighted by Gasteiger charge is 2.29. The molecule has 0 bridgehead atoms. The van der Waals surface area contributed by atoms with Crippen molar-refractivity contribution in [3.8, 4) is 0 Å². The van der Waals surface area contributed by atoms with Gasteiger partial charge in [-0.1, -0.05) is 0 Å². The minimum absolute atomic E-state index is 0.238. The molecule has 0 spiro atoms. The molecule has 1 unspecified atom stereocenters. The molecule has 130 valence electrons. The van der Waals surface area contributed by atoms with E-state index in [1.54, 1.807) is 12.3 Å². The van der Waals surface area contributed by atoms with Gasteiger partial charge in [0.25, 0.3) is 0 Å². The first-order valence-electron chi connectivity index (χ1n) is 7.40. The van der Waals surface area contributed by atoms with Crippen LogP contribution in [-0.4, -0.2) is 20.8 Å². The fourth-order valence-electron chi connectivity index (χ4n) is 2.18. The highest BCUT2D eigenvalue weighted by atomic mass is 79.9. The highest BCUT2D eigenvalue weighted by molar-refractivity contribution is 9.10. The van der Waals surface area contributed by atoms with Gasteiger partial charge in [-0.25, -0.2) is 8.78 Å². The van der Waals surface area contributed by atoms with Crippen LogP contribution in [0.15, 0.2) is 41.0 Å². The maximum atomic E-state index is 13.6. The van der Waals surface area contributed by atoms with Crippen molar-refractivity contribution in [2.24, 2.45) is 0 Å². The largest absolute Gasteiger partial charge is 0.598 e. The van der Waals surface area contributed by atoms with Crippen LogP contribution in [0.5, 0.6) is 0 Å². The summed E-state index contributed by atoms with van der Waals surface area (Å²) < 4.78 is 42.8. The van der Waals surface area contributed by atoms with E-state index in [2.05, 4.69) is 25.6 Å². The zero-order chi connectivity index (χ0) is 17.9. The van der Waals surface area contributed by atoms with Gasteiger partial charge in [0.05, 0.1) is 12.2 Å². The molecule has 1 aromatic heterocycles. The van der Waals surface area contributed by atoms with Crippen LogP contribution in [0, 0.1) is 11.6 Å². The lowest BCUT2D eigenvalue weighted by molar-refractivity contribution is 0.539. The third-order valence-corrected chi connectivity index (χ3v) is 5.59. The van der Waals surface area contributed by atoms with E-state index in [1.807, 2.05) is 26.8 Å². The molecule has 1 N–H and O–H groups in total. The Kier molecular flexibility index (Phi) is 6.36. The Labute approximate surface area is 152 Å². The predicted molar refractivity (Wildman–Crippen MR) is 96.0 cm³/mol. The second kappa shape index (κ2) is 7.91. The highest BCUT2D eigenvalue weighted by Crippen LogP contribution is 2.30. The number of rotatable bonds is 5. The lowest BCUT2D eigenvalue weighted by Crippen LogP contribution is -2.41. The maximum Gasteiger partial charge on any atom is 0.136 e. The fraction of sp³-hybridized carbons (Fsp3) is 0.353. The Morgan fingerprint density at radius 3 is 2.42 bits per heavy atom. The summed E-state index contributed by atoms with van der Waals surface area (Å²) in [7, 11) is 0. The third kappa shape index (κ3) is 4.99. The van der Waals surface area contributed by atoms with E-state index in [9.17, 15) is 13.3 Å². The molecular weight excluding hydrogens is 398 g/mol. The molecule has 24 heavy (non-hydrogen) atoms. The molecule has 2 rings (SSSR count). The Morgan fingerprint density at radius 2 is 1.88 bits per heavy atom. The molecule has 0 saturated carbocycles. The van der Waals surface area contributed by atoms with E-state index in [0.717, 1.165) is 10.5 Å². The van der Waals surface area contributed by atoms with Gasteiger partial charge in [0.1, 0.15) is 16.4 Å². The van der Waals surface area contributed by atoms with E-state index in [0.29, 0.717) is 11.3 Å². The Morgan fingerprint density at radius 1 is 1.25 bits per heavy atom. The number of aromatic nitrogens is 1. The summed E-state index contributed by atoms with van der Waals surface area (Å²) in [5.74, 6) is -1.75. The first-order chi connectivity index (χ1) is 11.2. The molecule has 0 saturated heterocycles. The summed E-state index contributed by atoms with van der Waals surface area (Å²) in [6.07, 6.45) is 1.61. The number of hydrogen-bond donors (Lipinski definition) is 1. The molecule has 2 atom stereocenters. The Hall–Kier alpha value is -1.02. The van der Waals surface area contributed by atoms with Crippen LogP contribution in [0.4, 0.5) is 8.78 Å². The minimum atomic E-state index is -1.30. The van der Waals surface area contributed by atoms with Crippen LogP contribution in [0.25, 0.3) is 0 Å². The Bertz CT molecular complexity index is 689. The molecule has 0 aliphatic carbocycles. The van der Waals surface area contributed by atoms with E-state index in [-0.39, 0.29) is 6.54 Å². The van der Waals surface area contributed by atoms with E-state index >= 15 is 0 Å². The lowest BCUT2D eigenvalue weighted by Gasteiger charge is -2.26. The average molecular weight is 417 g/mol. The number of pyridine rings is 1. The number of nitrogens with one attached hydrogen (secondary N) is 1. The minimum Gasteiger partial charge on any atom is -0.598 e. The number of nitrogens with zero attached hydrogens (tertiary/aromatic N) is 1. The van der Waals surface area contributed by atoms with Gasteiger partial charge in [0.2, 0.25) is 0 Å². The van der Waals surface area contributed by atoms with Crippen molar-refractivity contribution in [2.75, 3.05) is 6.54 Å². The number of benzene rings is 1. The lowest BCUT2D eigenvalue weighted by atomic mass is 9.95. The van der Waals surface area contributed by atoms with Crippen molar-refractivity contribution in [2.45, 2.75) is 31.4 Å². The van der Waals surface area contributed by atoms with Gasteiger partial charge >= 0.3 is 0 Å². The number of halogens is 3.